The van der Waals surface area contributed by atoms with Crippen LogP contribution >= 0.6 is 12.4 Å². The highest BCUT2D eigenvalue weighted by molar-refractivity contribution is 5.89. The number of hydrogen-bond donors (Lipinski definition) is 1. The number of anilines is 1. The minimum Gasteiger partial charge on any atom is -0.497 e. The zero-order valence-corrected chi connectivity index (χ0v) is 22.3. The Labute approximate surface area is 231 Å². The van der Waals surface area contributed by atoms with Crippen LogP contribution in [0.2, 0.25) is 0 Å². The molecule has 0 bridgehead atoms. The van der Waals surface area contributed by atoms with Crippen LogP contribution in [0.4, 0.5) is 23.7 Å². The Morgan fingerprint density at radius 2 is 1.36 bits per heavy atom. The van der Waals surface area contributed by atoms with E-state index in [0.29, 0.717) is 36.9 Å². The number of piperazine rings is 1. The van der Waals surface area contributed by atoms with Crippen LogP contribution in [0.25, 0.3) is 0 Å². The predicted octanol–water partition coefficient (Wildman–Crippen LogP) is 6.55. The molecule has 0 radical (unpaired) electrons. The lowest BCUT2D eigenvalue weighted by molar-refractivity contribution is -0.137. The molecule has 0 spiro atoms. The summed E-state index contributed by atoms with van der Waals surface area (Å²) in [4.78, 5) is 16.6. The third kappa shape index (κ3) is 8.97. The molecule has 1 saturated heterocycles. The Bertz CT molecular complexity index is 1170. The molecule has 2 amide bonds. The Balaban J connectivity index is 0.00000420. The zero-order valence-electron chi connectivity index (χ0n) is 21.4. The molecule has 3 aromatic rings. The average Bonchev–Trinajstić information content (AvgIpc) is 2.92. The molecule has 1 fully saturated rings. The summed E-state index contributed by atoms with van der Waals surface area (Å²) in [7, 11) is 1.60. The van der Waals surface area contributed by atoms with Crippen LogP contribution in [-0.4, -0.2) is 62.3 Å². The van der Waals surface area contributed by atoms with Gasteiger partial charge in [-0.3, -0.25) is 4.90 Å². The van der Waals surface area contributed by atoms with Gasteiger partial charge in [-0.25, -0.2) is 4.79 Å². The van der Waals surface area contributed by atoms with E-state index < -0.39 is 11.7 Å². The number of amides is 2. The quantitative estimate of drug-likeness (QED) is 0.298. The molecule has 1 aliphatic rings. The summed E-state index contributed by atoms with van der Waals surface area (Å²) in [6.07, 6.45) is -3.54. The van der Waals surface area contributed by atoms with Crippen molar-refractivity contribution in [1.29, 1.82) is 0 Å². The van der Waals surface area contributed by atoms with Gasteiger partial charge in [0.25, 0.3) is 0 Å². The number of rotatable bonds is 9. The number of alkyl halides is 3. The topological polar surface area (TPSA) is 63.3 Å². The molecule has 0 atom stereocenters. The molecule has 3 aromatic carbocycles. The van der Waals surface area contributed by atoms with Crippen molar-refractivity contribution in [2.24, 2.45) is 0 Å². The molecule has 210 valence electrons. The number of nitrogens with zero attached hydrogens (tertiary/aromatic N) is 2. The Kier molecular flexibility index (Phi) is 10.7. The van der Waals surface area contributed by atoms with Crippen LogP contribution < -0.4 is 19.5 Å². The Morgan fingerprint density at radius 1 is 0.821 bits per heavy atom. The fourth-order valence-corrected chi connectivity index (χ4v) is 3.98. The van der Waals surface area contributed by atoms with E-state index in [2.05, 4.69) is 10.2 Å². The molecular weight excluding hydrogens is 535 g/mol. The van der Waals surface area contributed by atoms with Crippen molar-refractivity contribution >= 4 is 24.1 Å². The molecule has 1 aliphatic heterocycles. The highest BCUT2D eigenvalue weighted by atomic mass is 35.5. The van der Waals surface area contributed by atoms with E-state index in [1.807, 2.05) is 17.0 Å². The monoisotopic (exact) mass is 565 g/mol. The van der Waals surface area contributed by atoms with Gasteiger partial charge in [0, 0.05) is 38.4 Å². The van der Waals surface area contributed by atoms with Gasteiger partial charge in [-0.1, -0.05) is 0 Å². The first-order chi connectivity index (χ1) is 18.3. The maximum Gasteiger partial charge on any atom is 0.416 e. The average molecular weight is 566 g/mol. The van der Waals surface area contributed by atoms with Crippen LogP contribution in [0.1, 0.15) is 12.0 Å². The van der Waals surface area contributed by atoms with Gasteiger partial charge >= 0.3 is 12.2 Å². The van der Waals surface area contributed by atoms with Crippen molar-refractivity contribution in [2.75, 3.05) is 51.8 Å². The molecule has 1 heterocycles. The van der Waals surface area contributed by atoms with E-state index in [-0.39, 0.29) is 18.4 Å². The largest absolute Gasteiger partial charge is 0.497 e. The van der Waals surface area contributed by atoms with Gasteiger partial charge in [0.15, 0.2) is 0 Å². The van der Waals surface area contributed by atoms with Crippen molar-refractivity contribution in [3.63, 3.8) is 0 Å². The summed E-state index contributed by atoms with van der Waals surface area (Å²) >= 11 is 0. The number of benzene rings is 3. The van der Waals surface area contributed by atoms with Crippen molar-refractivity contribution in [3.8, 4) is 23.0 Å². The van der Waals surface area contributed by atoms with E-state index in [1.165, 1.54) is 12.1 Å². The van der Waals surface area contributed by atoms with Crippen LogP contribution in [0.5, 0.6) is 23.0 Å². The van der Waals surface area contributed by atoms with Crippen molar-refractivity contribution in [1.82, 2.24) is 9.80 Å². The standard InChI is InChI=1S/C28H30F3N3O4.ClH/c1-36-23-9-5-22(6-10-23)32-27(35)34-18-16-33(17-19-34)15-2-20-37-24-11-13-26(14-12-24)38-25-7-3-21(4-8-25)28(29,30)31;/h3-14H,2,15-20H2,1H3,(H,32,35);1H. The fraction of sp³-hybridized carbons (Fsp3) is 0.321. The maximum atomic E-state index is 12.7. The van der Waals surface area contributed by atoms with E-state index in [1.54, 1.807) is 43.5 Å². The summed E-state index contributed by atoms with van der Waals surface area (Å²) in [5, 5.41) is 2.92. The zero-order chi connectivity index (χ0) is 27.0. The number of carbonyl (C=O) groups is 1. The van der Waals surface area contributed by atoms with Crippen LogP contribution in [0.3, 0.4) is 0 Å². The third-order valence-corrected chi connectivity index (χ3v) is 6.13. The van der Waals surface area contributed by atoms with Gasteiger partial charge in [-0.05, 0) is 79.2 Å². The molecular formula is C28H31ClF3N3O4. The van der Waals surface area contributed by atoms with Gasteiger partial charge < -0.3 is 24.4 Å². The SMILES string of the molecule is COc1ccc(NC(=O)N2CCN(CCCOc3ccc(Oc4ccc(C(F)(F)F)cc4)cc3)CC2)cc1.Cl. The lowest BCUT2D eigenvalue weighted by Crippen LogP contribution is -2.50. The second-order valence-corrected chi connectivity index (χ2v) is 8.78. The molecule has 1 N–H and O–H groups in total. The molecule has 0 aromatic heterocycles. The van der Waals surface area contributed by atoms with Gasteiger partial charge in [-0.15, -0.1) is 12.4 Å². The highest BCUT2D eigenvalue weighted by Crippen LogP contribution is 2.31. The first-order valence-electron chi connectivity index (χ1n) is 12.3. The van der Waals surface area contributed by atoms with Crippen LogP contribution in [-0.2, 0) is 6.18 Å². The van der Waals surface area contributed by atoms with Crippen molar-refractivity contribution in [3.05, 3.63) is 78.4 Å². The Hall–Kier alpha value is -3.63. The number of carbonyl (C=O) groups excluding carboxylic acids is 1. The number of urea groups is 1. The van der Waals surface area contributed by atoms with Gasteiger partial charge in [0.05, 0.1) is 19.3 Å². The number of hydrogen-bond acceptors (Lipinski definition) is 5. The first-order valence-corrected chi connectivity index (χ1v) is 12.3. The first kappa shape index (κ1) is 29.9. The second-order valence-electron chi connectivity index (χ2n) is 8.78. The lowest BCUT2D eigenvalue weighted by Gasteiger charge is -2.34. The summed E-state index contributed by atoms with van der Waals surface area (Å²) in [5.41, 5.74) is 0.0141. The third-order valence-electron chi connectivity index (χ3n) is 6.13. The Morgan fingerprint density at radius 3 is 1.92 bits per heavy atom. The summed E-state index contributed by atoms with van der Waals surface area (Å²) in [5.74, 6) is 2.25. The molecule has 39 heavy (non-hydrogen) atoms. The lowest BCUT2D eigenvalue weighted by atomic mass is 10.2. The van der Waals surface area contributed by atoms with Gasteiger partial charge in [0.2, 0.25) is 0 Å². The van der Waals surface area contributed by atoms with Crippen LogP contribution in [0, 0.1) is 0 Å². The predicted molar refractivity (Wildman–Crippen MR) is 145 cm³/mol. The van der Waals surface area contributed by atoms with Crippen molar-refractivity contribution in [2.45, 2.75) is 12.6 Å². The number of methoxy groups -OCH3 is 1. The van der Waals surface area contributed by atoms with E-state index >= 15 is 0 Å². The molecule has 7 nitrogen and oxygen atoms in total. The normalized spacial score (nSPS) is 13.8. The van der Waals surface area contributed by atoms with E-state index in [9.17, 15) is 18.0 Å². The maximum absolute atomic E-state index is 12.7. The van der Waals surface area contributed by atoms with Crippen molar-refractivity contribution < 1.29 is 32.2 Å². The highest BCUT2D eigenvalue weighted by Gasteiger charge is 2.30. The number of halogens is 4. The summed E-state index contributed by atoms with van der Waals surface area (Å²) in [6.45, 7) is 4.31. The molecule has 4 rings (SSSR count). The van der Waals surface area contributed by atoms with E-state index in [4.69, 9.17) is 14.2 Å². The second kappa shape index (κ2) is 14.0. The summed E-state index contributed by atoms with van der Waals surface area (Å²) < 4.78 is 54.6. The van der Waals surface area contributed by atoms with E-state index in [0.717, 1.165) is 49.6 Å². The number of nitrogens with one attached hydrogen (secondary N) is 1. The van der Waals surface area contributed by atoms with Gasteiger partial charge in [-0.2, -0.15) is 13.2 Å². The van der Waals surface area contributed by atoms with Crippen LogP contribution in [0.15, 0.2) is 72.8 Å². The van der Waals surface area contributed by atoms with Gasteiger partial charge in [0.1, 0.15) is 23.0 Å². The minimum atomic E-state index is -4.37. The molecule has 0 aliphatic carbocycles. The molecule has 0 saturated carbocycles. The summed E-state index contributed by atoms with van der Waals surface area (Å²) in [6, 6.07) is 18.6. The smallest absolute Gasteiger partial charge is 0.416 e. The minimum absolute atomic E-state index is 0. The molecule has 11 heteroatoms. The fourth-order valence-electron chi connectivity index (χ4n) is 3.98. The molecule has 0 unspecified atom stereocenters. The number of ether oxygens (including phenoxy) is 3.